The predicted octanol–water partition coefficient (Wildman–Crippen LogP) is 2.71. The van der Waals surface area contributed by atoms with Crippen LogP contribution in [-0.2, 0) is 11.3 Å². The number of amides is 1. The van der Waals surface area contributed by atoms with Crippen LogP contribution in [0, 0.1) is 17.2 Å². The van der Waals surface area contributed by atoms with Gasteiger partial charge in [-0.2, -0.15) is 5.26 Å². The number of hydrogen-bond donors (Lipinski definition) is 0. The zero-order valence-corrected chi connectivity index (χ0v) is 10.7. The van der Waals surface area contributed by atoms with E-state index in [1.54, 1.807) is 6.07 Å². The normalized spacial score (nSPS) is 20.3. The average molecular weight is 242 g/mol. The molecule has 94 valence electrons. The van der Waals surface area contributed by atoms with Crippen LogP contribution in [-0.4, -0.2) is 17.4 Å². The Labute approximate surface area is 108 Å². The van der Waals surface area contributed by atoms with Gasteiger partial charge in [-0.1, -0.05) is 25.1 Å². The molecule has 0 N–H and O–H groups in total. The SMILES string of the molecule is CC1CCC(=O)N(Cc2ccccc2C#N)CC1. The van der Waals surface area contributed by atoms with E-state index in [9.17, 15) is 4.79 Å². The van der Waals surface area contributed by atoms with Gasteiger partial charge in [0.1, 0.15) is 0 Å². The van der Waals surface area contributed by atoms with Gasteiger partial charge in [0.25, 0.3) is 0 Å². The number of likely N-dealkylation sites (tertiary alicyclic amines) is 1. The molecule has 0 saturated carbocycles. The molecule has 1 heterocycles. The van der Waals surface area contributed by atoms with Gasteiger partial charge in [-0.15, -0.1) is 0 Å². The fraction of sp³-hybridized carbons (Fsp3) is 0.467. The van der Waals surface area contributed by atoms with E-state index in [0.29, 0.717) is 24.4 Å². The number of benzene rings is 1. The van der Waals surface area contributed by atoms with Crippen LogP contribution in [0.2, 0.25) is 0 Å². The number of nitrogens with zero attached hydrogens (tertiary/aromatic N) is 2. The van der Waals surface area contributed by atoms with Gasteiger partial charge in [0.2, 0.25) is 5.91 Å². The molecular formula is C15H18N2O. The van der Waals surface area contributed by atoms with Gasteiger partial charge < -0.3 is 4.90 Å². The highest BCUT2D eigenvalue weighted by atomic mass is 16.2. The second-order valence-electron chi connectivity index (χ2n) is 5.02. The Bertz CT molecular complexity index is 476. The number of hydrogen-bond acceptors (Lipinski definition) is 2. The number of carbonyl (C=O) groups is 1. The Morgan fingerprint density at radius 2 is 2.17 bits per heavy atom. The molecule has 1 aliphatic rings. The monoisotopic (exact) mass is 242 g/mol. The lowest BCUT2D eigenvalue weighted by atomic mass is 10.0. The molecule has 3 heteroatoms. The maximum absolute atomic E-state index is 12.0. The van der Waals surface area contributed by atoms with Gasteiger partial charge >= 0.3 is 0 Å². The highest BCUT2D eigenvalue weighted by Crippen LogP contribution is 2.20. The molecule has 1 aromatic carbocycles. The maximum Gasteiger partial charge on any atom is 0.222 e. The minimum absolute atomic E-state index is 0.215. The van der Waals surface area contributed by atoms with Crippen molar-refractivity contribution < 1.29 is 4.79 Å². The minimum Gasteiger partial charge on any atom is -0.338 e. The van der Waals surface area contributed by atoms with Crippen molar-refractivity contribution in [3.8, 4) is 6.07 Å². The Balaban J connectivity index is 2.13. The van der Waals surface area contributed by atoms with Crippen LogP contribution in [0.5, 0.6) is 0 Å². The summed E-state index contributed by atoms with van der Waals surface area (Å²) in [5.41, 5.74) is 1.62. The van der Waals surface area contributed by atoms with E-state index < -0.39 is 0 Å². The summed E-state index contributed by atoms with van der Waals surface area (Å²) in [6.45, 7) is 3.56. The molecule has 1 aromatic rings. The highest BCUT2D eigenvalue weighted by Gasteiger charge is 2.20. The van der Waals surface area contributed by atoms with Gasteiger partial charge in [0.05, 0.1) is 11.6 Å². The molecule has 0 aliphatic carbocycles. The third kappa shape index (κ3) is 2.89. The quantitative estimate of drug-likeness (QED) is 0.800. The lowest BCUT2D eigenvalue weighted by Crippen LogP contribution is -2.30. The first kappa shape index (κ1) is 12.6. The van der Waals surface area contributed by atoms with Crippen molar-refractivity contribution >= 4 is 5.91 Å². The van der Waals surface area contributed by atoms with E-state index >= 15 is 0 Å². The second kappa shape index (κ2) is 5.68. The Hall–Kier alpha value is -1.82. The largest absolute Gasteiger partial charge is 0.338 e. The van der Waals surface area contributed by atoms with Crippen LogP contribution in [0.15, 0.2) is 24.3 Å². The van der Waals surface area contributed by atoms with Crippen molar-refractivity contribution in [2.75, 3.05) is 6.54 Å². The van der Waals surface area contributed by atoms with Crippen LogP contribution in [0.4, 0.5) is 0 Å². The molecule has 2 rings (SSSR count). The van der Waals surface area contributed by atoms with Crippen molar-refractivity contribution in [3.05, 3.63) is 35.4 Å². The molecule has 1 unspecified atom stereocenters. The summed E-state index contributed by atoms with van der Waals surface area (Å²) in [5.74, 6) is 0.831. The van der Waals surface area contributed by atoms with Gasteiger partial charge in [0.15, 0.2) is 0 Å². The highest BCUT2D eigenvalue weighted by molar-refractivity contribution is 5.76. The van der Waals surface area contributed by atoms with E-state index in [0.717, 1.165) is 24.9 Å². The van der Waals surface area contributed by atoms with Gasteiger partial charge in [-0.25, -0.2) is 0 Å². The van der Waals surface area contributed by atoms with Crippen molar-refractivity contribution in [2.24, 2.45) is 5.92 Å². The van der Waals surface area contributed by atoms with E-state index in [1.807, 2.05) is 23.1 Å². The first-order valence-corrected chi connectivity index (χ1v) is 6.46. The van der Waals surface area contributed by atoms with Crippen LogP contribution < -0.4 is 0 Å². The third-order valence-electron chi connectivity index (χ3n) is 3.59. The summed E-state index contributed by atoms with van der Waals surface area (Å²) < 4.78 is 0. The molecular weight excluding hydrogens is 224 g/mol. The van der Waals surface area contributed by atoms with Crippen LogP contribution in [0.3, 0.4) is 0 Å². The van der Waals surface area contributed by atoms with Gasteiger partial charge in [-0.05, 0) is 30.4 Å². The van der Waals surface area contributed by atoms with Crippen LogP contribution in [0.1, 0.15) is 37.3 Å². The fourth-order valence-corrected chi connectivity index (χ4v) is 2.31. The number of carbonyl (C=O) groups excluding carboxylic acids is 1. The number of nitriles is 1. The Kier molecular flexibility index (Phi) is 3.99. The molecule has 1 saturated heterocycles. The van der Waals surface area contributed by atoms with E-state index in [1.165, 1.54) is 0 Å². The maximum atomic E-state index is 12.0. The molecule has 3 nitrogen and oxygen atoms in total. The standard InChI is InChI=1S/C15H18N2O/c1-12-6-7-15(18)17(9-8-12)11-14-5-3-2-4-13(14)10-16/h2-5,12H,6-9,11H2,1H3. The van der Waals surface area contributed by atoms with Crippen molar-refractivity contribution in [1.82, 2.24) is 4.90 Å². The molecule has 1 fully saturated rings. The first-order chi connectivity index (χ1) is 8.70. The van der Waals surface area contributed by atoms with E-state index in [-0.39, 0.29) is 5.91 Å². The zero-order chi connectivity index (χ0) is 13.0. The topological polar surface area (TPSA) is 44.1 Å². The second-order valence-corrected chi connectivity index (χ2v) is 5.02. The summed E-state index contributed by atoms with van der Waals surface area (Å²) in [4.78, 5) is 13.9. The molecule has 18 heavy (non-hydrogen) atoms. The Morgan fingerprint density at radius 1 is 1.39 bits per heavy atom. The first-order valence-electron chi connectivity index (χ1n) is 6.46. The number of rotatable bonds is 2. The molecule has 0 radical (unpaired) electrons. The minimum atomic E-state index is 0.215. The van der Waals surface area contributed by atoms with Gasteiger partial charge in [0, 0.05) is 19.5 Å². The van der Waals surface area contributed by atoms with Crippen molar-refractivity contribution in [1.29, 1.82) is 5.26 Å². The lowest BCUT2D eigenvalue weighted by molar-refractivity contribution is -0.131. The van der Waals surface area contributed by atoms with Gasteiger partial charge in [-0.3, -0.25) is 4.79 Å². The smallest absolute Gasteiger partial charge is 0.222 e. The van der Waals surface area contributed by atoms with Crippen molar-refractivity contribution in [2.45, 2.75) is 32.7 Å². The molecule has 1 aliphatic heterocycles. The molecule has 0 bridgehead atoms. The fourth-order valence-electron chi connectivity index (χ4n) is 2.31. The van der Waals surface area contributed by atoms with E-state index in [4.69, 9.17) is 5.26 Å². The zero-order valence-electron chi connectivity index (χ0n) is 10.7. The third-order valence-corrected chi connectivity index (χ3v) is 3.59. The summed E-state index contributed by atoms with van der Waals surface area (Å²) in [6, 6.07) is 9.70. The van der Waals surface area contributed by atoms with Crippen molar-refractivity contribution in [3.63, 3.8) is 0 Å². The van der Waals surface area contributed by atoms with Crippen LogP contribution in [0.25, 0.3) is 0 Å². The molecule has 0 spiro atoms. The molecule has 0 aromatic heterocycles. The summed E-state index contributed by atoms with van der Waals surface area (Å²) >= 11 is 0. The molecule has 1 atom stereocenters. The predicted molar refractivity (Wildman–Crippen MR) is 69.6 cm³/mol. The lowest BCUT2D eigenvalue weighted by Gasteiger charge is -2.21. The molecule has 1 amide bonds. The average Bonchev–Trinajstić information content (AvgIpc) is 2.55. The van der Waals surface area contributed by atoms with E-state index in [2.05, 4.69) is 13.0 Å². The summed E-state index contributed by atoms with van der Waals surface area (Å²) in [5, 5.41) is 9.06. The van der Waals surface area contributed by atoms with Crippen LogP contribution >= 0.6 is 0 Å². The summed E-state index contributed by atoms with van der Waals surface area (Å²) in [6.07, 6.45) is 2.67. The Morgan fingerprint density at radius 3 is 2.94 bits per heavy atom. The summed E-state index contributed by atoms with van der Waals surface area (Å²) in [7, 11) is 0.